The van der Waals surface area contributed by atoms with Crippen molar-refractivity contribution in [3.05, 3.63) is 41.3 Å². The van der Waals surface area contributed by atoms with Gasteiger partial charge in [0.05, 0.1) is 24.1 Å². The Morgan fingerprint density at radius 2 is 1.94 bits per heavy atom. The number of hydrogen-bond acceptors (Lipinski definition) is 5. The van der Waals surface area contributed by atoms with Gasteiger partial charge in [-0.15, -0.1) is 0 Å². The van der Waals surface area contributed by atoms with Crippen molar-refractivity contribution in [1.82, 2.24) is 19.9 Å². The summed E-state index contributed by atoms with van der Waals surface area (Å²) in [6, 6.07) is 0. The predicted octanol–water partition coefficient (Wildman–Crippen LogP) is 1.84. The molecule has 1 N–H and O–H groups in total. The quantitative estimate of drug-likeness (QED) is 0.880. The fourth-order valence-corrected chi connectivity index (χ4v) is 1.30. The Kier molecular flexibility index (Phi) is 3.26. The lowest BCUT2D eigenvalue weighted by molar-refractivity contribution is 0.973. The standard InChI is InChI=1S/C10H10ClN5/c1-7-4-15-8(5-14-7)6-16-10-9(11)12-2-3-13-10/h2-5H,6H2,1H3,(H,13,16). The van der Waals surface area contributed by atoms with Gasteiger partial charge in [0.15, 0.2) is 11.0 Å². The van der Waals surface area contributed by atoms with Gasteiger partial charge in [-0.2, -0.15) is 0 Å². The maximum absolute atomic E-state index is 5.84. The van der Waals surface area contributed by atoms with Gasteiger partial charge >= 0.3 is 0 Å². The van der Waals surface area contributed by atoms with Gasteiger partial charge in [0, 0.05) is 18.6 Å². The van der Waals surface area contributed by atoms with Crippen molar-refractivity contribution in [3.63, 3.8) is 0 Å². The summed E-state index contributed by atoms with van der Waals surface area (Å²) in [6.07, 6.45) is 6.55. The second-order valence-electron chi connectivity index (χ2n) is 3.20. The third-order valence-electron chi connectivity index (χ3n) is 1.92. The third-order valence-corrected chi connectivity index (χ3v) is 2.20. The summed E-state index contributed by atoms with van der Waals surface area (Å²) in [5.41, 5.74) is 1.72. The van der Waals surface area contributed by atoms with E-state index in [1.165, 1.54) is 0 Å². The molecule has 6 heteroatoms. The molecule has 2 aromatic heterocycles. The Bertz CT molecular complexity index is 471. The van der Waals surface area contributed by atoms with Gasteiger partial charge in [-0.1, -0.05) is 11.6 Å². The smallest absolute Gasteiger partial charge is 0.171 e. The number of halogens is 1. The third kappa shape index (κ3) is 2.64. The van der Waals surface area contributed by atoms with E-state index in [1.54, 1.807) is 24.8 Å². The summed E-state index contributed by atoms with van der Waals surface area (Å²) in [6.45, 7) is 2.41. The number of rotatable bonds is 3. The van der Waals surface area contributed by atoms with Crippen LogP contribution in [0.25, 0.3) is 0 Å². The summed E-state index contributed by atoms with van der Waals surface area (Å²) < 4.78 is 0. The normalized spacial score (nSPS) is 10.1. The number of aromatic nitrogens is 4. The maximum atomic E-state index is 5.84. The monoisotopic (exact) mass is 235 g/mol. The second-order valence-corrected chi connectivity index (χ2v) is 3.56. The molecule has 0 bridgehead atoms. The fourth-order valence-electron chi connectivity index (χ4n) is 1.12. The molecule has 0 aliphatic heterocycles. The van der Waals surface area contributed by atoms with Gasteiger partial charge in [0.1, 0.15) is 0 Å². The van der Waals surface area contributed by atoms with Gasteiger partial charge in [-0.3, -0.25) is 9.97 Å². The first-order valence-corrected chi connectivity index (χ1v) is 5.11. The van der Waals surface area contributed by atoms with E-state index >= 15 is 0 Å². The molecular weight excluding hydrogens is 226 g/mol. The van der Waals surface area contributed by atoms with Crippen LogP contribution < -0.4 is 5.32 Å². The molecule has 0 radical (unpaired) electrons. The first-order chi connectivity index (χ1) is 7.75. The van der Waals surface area contributed by atoms with E-state index in [9.17, 15) is 0 Å². The minimum atomic E-state index is 0.350. The van der Waals surface area contributed by atoms with Crippen LogP contribution in [0.15, 0.2) is 24.8 Å². The molecule has 2 rings (SSSR count). The van der Waals surface area contributed by atoms with Gasteiger partial charge in [0.2, 0.25) is 0 Å². The van der Waals surface area contributed by atoms with E-state index in [0.29, 0.717) is 17.5 Å². The molecule has 0 aromatic carbocycles. The molecule has 0 amide bonds. The van der Waals surface area contributed by atoms with E-state index in [1.807, 2.05) is 6.92 Å². The first kappa shape index (κ1) is 10.8. The van der Waals surface area contributed by atoms with E-state index in [2.05, 4.69) is 25.3 Å². The van der Waals surface area contributed by atoms with E-state index in [-0.39, 0.29) is 0 Å². The molecule has 82 valence electrons. The van der Waals surface area contributed by atoms with Crippen LogP contribution in [0.2, 0.25) is 5.15 Å². The van der Waals surface area contributed by atoms with Crippen LogP contribution >= 0.6 is 11.6 Å². The highest BCUT2D eigenvalue weighted by atomic mass is 35.5. The summed E-state index contributed by atoms with van der Waals surface area (Å²) in [7, 11) is 0. The van der Waals surface area contributed by atoms with E-state index in [4.69, 9.17) is 11.6 Å². The molecule has 16 heavy (non-hydrogen) atoms. The van der Waals surface area contributed by atoms with Gasteiger partial charge in [-0.05, 0) is 6.92 Å². The zero-order valence-electron chi connectivity index (χ0n) is 8.68. The molecule has 0 aliphatic rings. The highest BCUT2D eigenvalue weighted by molar-refractivity contribution is 6.31. The van der Waals surface area contributed by atoms with Crippen LogP contribution in [0.1, 0.15) is 11.4 Å². The van der Waals surface area contributed by atoms with Crippen molar-refractivity contribution in [2.75, 3.05) is 5.32 Å². The van der Waals surface area contributed by atoms with Gasteiger partial charge in [0.25, 0.3) is 0 Å². The Hall–Kier alpha value is -1.75. The Balaban J connectivity index is 2.02. The zero-order chi connectivity index (χ0) is 11.4. The van der Waals surface area contributed by atoms with E-state index in [0.717, 1.165) is 11.4 Å². The highest BCUT2D eigenvalue weighted by Gasteiger charge is 2.01. The SMILES string of the molecule is Cc1cnc(CNc2nccnc2Cl)cn1. The van der Waals surface area contributed by atoms with Crippen molar-refractivity contribution in [3.8, 4) is 0 Å². The molecule has 0 aliphatic carbocycles. The van der Waals surface area contributed by atoms with Crippen LogP contribution in [-0.2, 0) is 6.54 Å². The van der Waals surface area contributed by atoms with E-state index < -0.39 is 0 Å². The van der Waals surface area contributed by atoms with Crippen LogP contribution in [-0.4, -0.2) is 19.9 Å². The summed E-state index contributed by atoms with van der Waals surface area (Å²) in [4.78, 5) is 16.3. The lowest BCUT2D eigenvalue weighted by Gasteiger charge is -2.05. The van der Waals surface area contributed by atoms with Crippen LogP contribution in [0, 0.1) is 6.92 Å². The molecule has 0 unspecified atom stereocenters. The fraction of sp³-hybridized carbons (Fsp3) is 0.200. The molecule has 0 fully saturated rings. The molecule has 0 atom stereocenters. The van der Waals surface area contributed by atoms with Gasteiger partial charge in [-0.25, -0.2) is 9.97 Å². The second kappa shape index (κ2) is 4.85. The predicted molar refractivity (Wildman–Crippen MR) is 61.1 cm³/mol. The summed E-state index contributed by atoms with van der Waals surface area (Å²) in [5.74, 6) is 0.548. The van der Waals surface area contributed by atoms with Crippen molar-refractivity contribution in [2.45, 2.75) is 13.5 Å². The first-order valence-electron chi connectivity index (χ1n) is 4.73. The topological polar surface area (TPSA) is 63.6 Å². The minimum Gasteiger partial charge on any atom is -0.362 e. The molecule has 5 nitrogen and oxygen atoms in total. The zero-order valence-corrected chi connectivity index (χ0v) is 9.44. The van der Waals surface area contributed by atoms with Crippen LogP contribution in [0.3, 0.4) is 0 Å². The molecule has 0 spiro atoms. The highest BCUT2D eigenvalue weighted by Crippen LogP contribution is 2.14. The number of aryl methyl sites for hydroxylation is 1. The summed E-state index contributed by atoms with van der Waals surface area (Å²) >= 11 is 5.84. The summed E-state index contributed by atoms with van der Waals surface area (Å²) in [5, 5.41) is 3.39. The van der Waals surface area contributed by atoms with Crippen LogP contribution in [0.5, 0.6) is 0 Å². The minimum absolute atomic E-state index is 0.350. The largest absolute Gasteiger partial charge is 0.362 e. The molecule has 2 aromatic rings. The Labute approximate surface area is 98.0 Å². The average Bonchev–Trinajstić information content (AvgIpc) is 2.30. The Morgan fingerprint density at radius 1 is 1.12 bits per heavy atom. The van der Waals surface area contributed by atoms with Crippen LogP contribution in [0.4, 0.5) is 5.82 Å². The number of nitrogens with one attached hydrogen (secondary N) is 1. The lowest BCUT2D eigenvalue weighted by Crippen LogP contribution is -2.04. The molecule has 2 heterocycles. The lowest BCUT2D eigenvalue weighted by atomic mass is 10.4. The number of hydrogen-bond donors (Lipinski definition) is 1. The maximum Gasteiger partial charge on any atom is 0.171 e. The van der Waals surface area contributed by atoms with Crippen molar-refractivity contribution in [2.24, 2.45) is 0 Å². The molecule has 0 saturated heterocycles. The van der Waals surface area contributed by atoms with Gasteiger partial charge < -0.3 is 5.32 Å². The van der Waals surface area contributed by atoms with Crippen molar-refractivity contribution in [1.29, 1.82) is 0 Å². The van der Waals surface area contributed by atoms with Crippen molar-refractivity contribution < 1.29 is 0 Å². The van der Waals surface area contributed by atoms with Crippen molar-refractivity contribution >= 4 is 17.4 Å². The number of nitrogens with zero attached hydrogens (tertiary/aromatic N) is 4. The molecule has 0 saturated carbocycles. The average molecular weight is 236 g/mol. The Morgan fingerprint density at radius 3 is 2.62 bits per heavy atom. The number of anilines is 1. The molecular formula is C10H10ClN5.